The van der Waals surface area contributed by atoms with Gasteiger partial charge in [-0.25, -0.2) is 4.79 Å². The third kappa shape index (κ3) is 4.87. The Morgan fingerprint density at radius 1 is 1.04 bits per heavy atom. The second kappa shape index (κ2) is 9.75. The van der Waals surface area contributed by atoms with Gasteiger partial charge in [0.15, 0.2) is 0 Å². The summed E-state index contributed by atoms with van der Waals surface area (Å²) in [5, 5.41) is 0. The molecule has 28 heavy (non-hydrogen) atoms. The van der Waals surface area contributed by atoms with Crippen molar-refractivity contribution in [2.24, 2.45) is 0 Å². The molecule has 0 aliphatic carbocycles. The highest BCUT2D eigenvalue weighted by atomic mass is 28.3. The van der Waals surface area contributed by atoms with E-state index < -0.39 is 8.07 Å². The van der Waals surface area contributed by atoms with Gasteiger partial charge in [-0.1, -0.05) is 47.2 Å². The van der Waals surface area contributed by atoms with E-state index in [0.29, 0.717) is 29.0 Å². The normalized spacial score (nSPS) is 18.2. The molecule has 1 atom stereocenters. The van der Waals surface area contributed by atoms with E-state index in [1.807, 2.05) is 0 Å². The summed E-state index contributed by atoms with van der Waals surface area (Å²) < 4.78 is 16.9. The Labute approximate surface area is 171 Å². The third-order valence-corrected chi connectivity index (χ3v) is 13.0. The van der Waals surface area contributed by atoms with Crippen LogP contribution in [0.3, 0.4) is 0 Å². The number of ether oxygens (including phenoxy) is 3. The van der Waals surface area contributed by atoms with E-state index in [1.165, 1.54) is 0 Å². The molecular weight excluding hydrogens is 368 g/mol. The summed E-state index contributed by atoms with van der Waals surface area (Å²) in [5.41, 5.74) is 4.61. The molecule has 1 heterocycles. The molecule has 2 rings (SSSR count). The van der Waals surface area contributed by atoms with E-state index in [1.54, 1.807) is 31.4 Å². The Morgan fingerprint density at radius 2 is 1.57 bits per heavy atom. The fraction of sp³-hybridized carbons (Fsp3) is 0.609. The highest BCUT2D eigenvalue weighted by molar-refractivity contribution is 6.88. The van der Waals surface area contributed by atoms with Crippen LogP contribution in [0.25, 0.3) is 0 Å². The number of esters is 1. The van der Waals surface area contributed by atoms with Crippen LogP contribution in [0.5, 0.6) is 11.5 Å². The molecule has 1 unspecified atom stereocenters. The van der Waals surface area contributed by atoms with Crippen LogP contribution in [0.2, 0.25) is 16.6 Å². The van der Waals surface area contributed by atoms with Gasteiger partial charge >= 0.3 is 5.97 Å². The summed E-state index contributed by atoms with van der Waals surface area (Å²) in [4.78, 5) is 13.2. The highest BCUT2D eigenvalue weighted by Gasteiger charge is 2.43. The summed E-state index contributed by atoms with van der Waals surface area (Å²) >= 11 is 0. The van der Waals surface area contributed by atoms with Crippen LogP contribution < -0.4 is 9.47 Å². The van der Waals surface area contributed by atoms with Crippen LogP contribution >= 0.6 is 0 Å². The van der Waals surface area contributed by atoms with Gasteiger partial charge in [0.2, 0.25) is 0 Å². The quantitative estimate of drug-likeness (QED) is 0.233. The van der Waals surface area contributed by atoms with Crippen molar-refractivity contribution in [1.29, 1.82) is 0 Å². The van der Waals surface area contributed by atoms with Gasteiger partial charge in [-0.05, 0) is 53.7 Å². The Balaban J connectivity index is 2.41. The Kier molecular flexibility index (Phi) is 7.90. The Hall–Kier alpha value is -1.59. The standard InChI is InChI=1S/C23H36O4Si/c1-16(2)28(17(3)4,18(5)6)15-21(22-9-8-14-26-22)23(24)27-20-12-10-19(25-7)11-13-20/h10-13,15-18,22H,8-9,14H2,1-7H3/b21-15-. The first-order chi connectivity index (χ1) is 13.2. The van der Waals surface area contributed by atoms with Gasteiger partial charge in [0, 0.05) is 6.61 Å². The van der Waals surface area contributed by atoms with Crippen molar-refractivity contribution in [3.8, 4) is 11.5 Å². The molecule has 156 valence electrons. The molecule has 0 bridgehead atoms. The summed E-state index contributed by atoms with van der Waals surface area (Å²) in [5.74, 6) is 0.983. The molecule has 4 nitrogen and oxygen atoms in total. The van der Waals surface area contributed by atoms with Crippen LogP contribution in [0, 0.1) is 0 Å². The van der Waals surface area contributed by atoms with Gasteiger partial charge in [-0.15, -0.1) is 0 Å². The van der Waals surface area contributed by atoms with Crippen LogP contribution in [0.4, 0.5) is 0 Å². The second-order valence-corrected chi connectivity index (χ2v) is 14.4. The second-order valence-electron chi connectivity index (χ2n) is 8.63. The van der Waals surface area contributed by atoms with Crippen LogP contribution in [0.15, 0.2) is 35.5 Å². The third-order valence-electron chi connectivity index (χ3n) is 6.19. The molecular formula is C23H36O4Si. The highest BCUT2D eigenvalue weighted by Crippen LogP contribution is 2.44. The zero-order chi connectivity index (χ0) is 20.9. The topological polar surface area (TPSA) is 44.8 Å². The first-order valence-electron chi connectivity index (χ1n) is 10.4. The number of hydrogen-bond acceptors (Lipinski definition) is 4. The molecule has 1 aliphatic rings. The lowest BCUT2D eigenvalue weighted by atomic mass is 10.1. The summed E-state index contributed by atoms with van der Waals surface area (Å²) in [6.07, 6.45) is 1.70. The minimum atomic E-state index is -1.92. The molecule has 0 radical (unpaired) electrons. The summed E-state index contributed by atoms with van der Waals surface area (Å²) in [6, 6.07) is 7.13. The molecule has 0 saturated carbocycles. The lowest BCUT2D eigenvalue weighted by molar-refractivity contribution is -0.131. The first kappa shape index (κ1) is 22.7. The Morgan fingerprint density at radius 3 is 2.00 bits per heavy atom. The maximum atomic E-state index is 13.2. The average molecular weight is 405 g/mol. The van der Waals surface area contributed by atoms with Crippen molar-refractivity contribution in [3.05, 3.63) is 35.5 Å². The largest absolute Gasteiger partial charge is 0.497 e. The number of benzene rings is 1. The van der Waals surface area contributed by atoms with Crippen molar-refractivity contribution in [1.82, 2.24) is 0 Å². The number of rotatable bonds is 8. The fourth-order valence-corrected chi connectivity index (χ4v) is 10.5. The molecule has 0 N–H and O–H groups in total. The van der Waals surface area contributed by atoms with Crippen molar-refractivity contribution in [2.45, 2.75) is 77.1 Å². The monoisotopic (exact) mass is 404 g/mol. The van der Waals surface area contributed by atoms with E-state index in [9.17, 15) is 4.79 Å². The summed E-state index contributed by atoms with van der Waals surface area (Å²) in [6.45, 7) is 14.5. The predicted octanol–water partition coefficient (Wildman–Crippen LogP) is 5.92. The minimum Gasteiger partial charge on any atom is -0.497 e. The first-order valence-corrected chi connectivity index (χ1v) is 12.7. The number of hydrogen-bond donors (Lipinski definition) is 0. The zero-order valence-corrected chi connectivity index (χ0v) is 19.5. The van der Waals surface area contributed by atoms with Crippen LogP contribution in [0.1, 0.15) is 54.4 Å². The van der Waals surface area contributed by atoms with Crippen LogP contribution in [-0.4, -0.2) is 33.9 Å². The van der Waals surface area contributed by atoms with E-state index in [0.717, 1.165) is 24.2 Å². The van der Waals surface area contributed by atoms with Crippen LogP contribution in [-0.2, 0) is 9.53 Å². The Bertz CT molecular complexity index is 649. The average Bonchev–Trinajstić information content (AvgIpc) is 3.16. The van der Waals surface area contributed by atoms with Gasteiger partial charge in [0.05, 0.1) is 26.9 Å². The van der Waals surface area contributed by atoms with E-state index >= 15 is 0 Å². The molecule has 1 fully saturated rings. The minimum absolute atomic E-state index is 0.158. The van der Waals surface area contributed by atoms with Gasteiger partial charge in [-0.3, -0.25) is 0 Å². The molecule has 1 aliphatic heterocycles. The maximum Gasteiger partial charge on any atom is 0.341 e. The predicted molar refractivity (Wildman–Crippen MR) is 117 cm³/mol. The van der Waals surface area contributed by atoms with Crippen molar-refractivity contribution < 1.29 is 19.0 Å². The number of methoxy groups -OCH3 is 1. The molecule has 0 amide bonds. The smallest absolute Gasteiger partial charge is 0.341 e. The summed E-state index contributed by atoms with van der Waals surface area (Å²) in [7, 11) is -0.297. The van der Waals surface area contributed by atoms with Gasteiger partial charge in [0.1, 0.15) is 11.5 Å². The molecule has 1 aromatic rings. The van der Waals surface area contributed by atoms with E-state index in [4.69, 9.17) is 14.2 Å². The SMILES string of the molecule is COc1ccc(OC(=O)/C(=C\[Si](C(C)C)(C(C)C)C(C)C)C2CCCO2)cc1. The van der Waals surface area contributed by atoms with Gasteiger partial charge in [0.25, 0.3) is 0 Å². The molecule has 0 spiro atoms. The van der Waals surface area contributed by atoms with Crippen molar-refractivity contribution in [2.75, 3.05) is 13.7 Å². The lowest BCUT2D eigenvalue weighted by Gasteiger charge is -2.41. The number of carbonyl (C=O) groups is 1. The molecule has 1 aromatic carbocycles. The van der Waals surface area contributed by atoms with E-state index in [-0.39, 0.29) is 12.1 Å². The van der Waals surface area contributed by atoms with Crippen molar-refractivity contribution in [3.63, 3.8) is 0 Å². The van der Waals surface area contributed by atoms with Gasteiger partial charge in [-0.2, -0.15) is 0 Å². The molecule has 1 saturated heterocycles. The maximum absolute atomic E-state index is 13.2. The number of carbonyl (C=O) groups excluding carboxylic acids is 1. The van der Waals surface area contributed by atoms with Gasteiger partial charge < -0.3 is 14.2 Å². The van der Waals surface area contributed by atoms with E-state index in [2.05, 4.69) is 47.2 Å². The molecule has 0 aromatic heterocycles. The fourth-order valence-electron chi connectivity index (χ4n) is 4.69. The zero-order valence-electron chi connectivity index (χ0n) is 18.5. The lowest BCUT2D eigenvalue weighted by Crippen LogP contribution is -2.44. The molecule has 5 heteroatoms. The van der Waals surface area contributed by atoms with Crippen molar-refractivity contribution >= 4 is 14.0 Å².